The van der Waals surface area contributed by atoms with Gasteiger partial charge in [-0.3, -0.25) is 0 Å². The normalized spacial score (nSPS) is 37.9. The maximum absolute atomic E-state index is 11.1. The summed E-state index contributed by atoms with van der Waals surface area (Å²) >= 11 is 0. The van der Waals surface area contributed by atoms with Gasteiger partial charge in [0.1, 0.15) is 0 Å². The predicted octanol–water partition coefficient (Wildman–Crippen LogP) is -0.712. The molecule has 2 N–H and O–H groups in total. The van der Waals surface area contributed by atoms with Gasteiger partial charge < -0.3 is 10.4 Å². The SMILES string of the molecule is O=S1(=O)CCC(O)(CNC2CC2)C1. The number of hydrogen-bond acceptors (Lipinski definition) is 4. The largest absolute Gasteiger partial charge is 0.387 e. The van der Waals surface area contributed by atoms with E-state index in [0.717, 1.165) is 12.8 Å². The van der Waals surface area contributed by atoms with Crippen molar-refractivity contribution < 1.29 is 13.5 Å². The first-order valence-corrected chi connectivity index (χ1v) is 6.48. The fourth-order valence-corrected chi connectivity index (χ4v) is 3.56. The average Bonchev–Trinajstić information content (AvgIpc) is 2.77. The zero-order valence-corrected chi connectivity index (χ0v) is 8.31. The summed E-state index contributed by atoms with van der Waals surface area (Å²) in [5, 5.41) is 13.0. The lowest BCUT2D eigenvalue weighted by Crippen LogP contribution is -2.42. The first-order valence-electron chi connectivity index (χ1n) is 4.65. The fraction of sp³-hybridized carbons (Fsp3) is 1.00. The zero-order valence-electron chi connectivity index (χ0n) is 7.49. The second-order valence-electron chi connectivity index (χ2n) is 4.22. The van der Waals surface area contributed by atoms with Gasteiger partial charge in [0.15, 0.2) is 9.84 Å². The summed E-state index contributed by atoms with van der Waals surface area (Å²) < 4.78 is 22.2. The highest BCUT2D eigenvalue weighted by Gasteiger charge is 2.41. The van der Waals surface area contributed by atoms with Crippen LogP contribution in [-0.4, -0.2) is 43.2 Å². The minimum Gasteiger partial charge on any atom is -0.387 e. The molecule has 2 fully saturated rings. The summed E-state index contributed by atoms with van der Waals surface area (Å²) in [4.78, 5) is 0. The van der Waals surface area contributed by atoms with Crippen LogP contribution in [0, 0.1) is 0 Å². The van der Waals surface area contributed by atoms with Crippen LogP contribution < -0.4 is 5.32 Å². The highest BCUT2D eigenvalue weighted by atomic mass is 32.2. The number of rotatable bonds is 3. The number of nitrogens with one attached hydrogen (secondary N) is 1. The minimum absolute atomic E-state index is 0.0697. The monoisotopic (exact) mass is 205 g/mol. The molecule has 0 radical (unpaired) electrons. The predicted molar refractivity (Wildman–Crippen MR) is 49.2 cm³/mol. The van der Waals surface area contributed by atoms with Crippen molar-refractivity contribution in [1.82, 2.24) is 5.32 Å². The Kier molecular flexibility index (Phi) is 2.13. The molecule has 5 heteroatoms. The third-order valence-electron chi connectivity index (χ3n) is 2.66. The van der Waals surface area contributed by atoms with E-state index in [4.69, 9.17) is 0 Å². The van der Waals surface area contributed by atoms with E-state index in [1.165, 1.54) is 0 Å². The second kappa shape index (κ2) is 2.93. The number of sulfone groups is 1. The van der Waals surface area contributed by atoms with E-state index in [1.54, 1.807) is 0 Å². The maximum atomic E-state index is 11.1. The molecule has 1 saturated heterocycles. The van der Waals surface area contributed by atoms with Gasteiger partial charge in [0.25, 0.3) is 0 Å². The van der Waals surface area contributed by atoms with Crippen molar-refractivity contribution in [2.45, 2.75) is 30.9 Å². The Bertz CT molecular complexity index is 297. The molecule has 2 rings (SSSR count). The molecule has 1 saturated carbocycles. The third kappa shape index (κ3) is 2.42. The molecule has 0 spiro atoms. The Labute approximate surface area is 78.3 Å². The van der Waals surface area contributed by atoms with Crippen LogP contribution in [0.4, 0.5) is 0 Å². The Morgan fingerprint density at radius 2 is 2.15 bits per heavy atom. The van der Waals surface area contributed by atoms with E-state index in [2.05, 4.69) is 5.32 Å². The van der Waals surface area contributed by atoms with E-state index < -0.39 is 15.4 Å². The summed E-state index contributed by atoms with van der Waals surface area (Å²) in [7, 11) is -2.97. The van der Waals surface area contributed by atoms with E-state index in [-0.39, 0.29) is 11.5 Å². The summed E-state index contributed by atoms with van der Waals surface area (Å²) in [5.41, 5.74) is -0.999. The zero-order chi connectivity index (χ0) is 9.53. The van der Waals surface area contributed by atoms with Gasteiger partial charge >= 0.3 is 0 Å². The Morgan fingerprint density at radius 3 is 2.62 bits per heavy atom. The lowest BCUT2D eigenvalue weighted by atomic mass is 10.0. The molecule has 0 aromatic carbocycles. The summed E-state index contributed by atoms with van der Waals surface area (Å²) in [6.07, 6.45) is 2.70. The maximum Gasteiger partial charge on any atom is 0.153 e. The van der Waals surface area contributed by atoms with Crippen molar-refractivity contribution in [3.63, 3.8) is 0 Å². The fourth-order valence-electron chi connectivity index (χ4n) is 1.66. The third-order valence-corrected chi connectivity index (χ3v) is 4.47. The molecular weight excluding hydrogens is 190 g/mol. The molecule has 1 unspecified atom stereocenters. The van der Waals surface area contributed by atoms with Gasteiger partial charge in [0.05, 0.1) is 17.1 Å². The van der Waals surface area contributed by atoms with Gasteiger partial charge in [0, 0.05) is 12.6 Å². The summed E-state index contributed by atoms with van der Waals surface area (Å²) in [6, 6.07) is 0.521. The van der Waals surface area contributed by atoms with Gasteiger partial charge in [-0.25, -0.2) is 8.42 Å². The quantitative estimate of drug-likeness (QED) is 0.638. The van der Waals surface area contributed by atoms with Crippen molar-refractivity contribution in [2.75, 3.05) is 18.1 Å². The van der Waals surface area contributed by atoms with Gasteiger partial charge in [-0.15, -0.1) is 0 Å². The Morgan fingerprint density at radius 1 is 1.46 bits per heavy atom. The van der Waals surface area contributed by atoms with Crippen molar-refractivity contribution in [3.8, 4) is 0 Å². The molecule has 1 atom stereocenters. The first kappa shape index (κ1) is 9.43. The lowest BCUT2D eigenvalue weighted by Gasteiger charge is -2.20. The van der Waals surface area contributed by atoms with Crippen LogP contribution in [0.25, 0.3) is 0 Å². The molecule has 76 valence electrons. The molecule has 1 heterocycles. The van der Waals surface area contributed by atoms with Crippen LogP contribution in [0.5, 0.6) is 0 Å². The van der Waals surface area contributed by atoms with Gasteiger partial charge in [-0.05, 0) is 19.3 Å². The molecule has 0 bridgehead atoms. The van der Waals surface area contributed by atoms with Gasteiger partial charge in [-0.1, -0.05) is 0 Å². The molecule has 0 amide bonds. The van der Waals surface area contributed by atoms with Gasteiger partial charge in [0.2, 0.25) is 0 Å². The van der Waals surface area contributed by atoms with Crippen LogP contribution >= 0.6 is 0 Å². The number of aliphatic hydroxyl groups is 1. The van der Waals surface area contributed by atoms with E-state index >= 15 is 0 Å². The molecule has 1 aliphatic carbocycles. The van der Waals surface area contributed by atoms with E-state index in [0.29, 0.717) is 19.0 Å². The molecule has 13 heavy (non-hydrogen) atoms. The van der Waals surface area contributed by atoms with Crippen LogP contribution in [0.15, 0.2) is 0 Å². The molecule has 0 aromatic rings. The van der Waals surface area contributed by atoms with E-state index in [1.807, 2.05) is 0 Å². The summed E-state index contributed by atoms with van der Waals surface area (Å²) in [5.74, 6) is 0.0650. The van der Waals surface area contributed by atoms with Gasteiger partial charge in [-0.2, -0.15) is 0 Å². The Balaban J connectivity index is 1.89. The molecule has 0 aromatic heterocycles. The highest BCUT2D eigenvalue weighted by Crippen LogP contribution is 2.25. The van der Waals surface area contributed by atoms with Crippen LogP contribution in [0.2, 0.25) is 0 Å². The highest BCUT2D eigenvalue weighted by molar-refractivity contribution is 7.91. The van der Waals surface area contributed by atoms with Crippen LogP contribution in [0.3, 0.4) is 0 Å². The second-order valence-corrected chi connectivity index (χ2v) is 6.41. The van der Waals surface area contributed by atoms with Crippen LogP contribution in [0.1, 0.15) is 19.3 Å². The van der Waals surface area contributed by atoms with Crippen molar-refractivity contribution in [1.29, 1.82) is 0 Å². The van der Waals surface area contributed by atoms with Crippen molar-refractivity contribution in [2.24, 2.45) is 0 Å². The lowest BCUT2D eigenvalue weighted by molar-refractivity contribution is 0.0669. The minimum atomic E-state index is -2.97. The van der Waals surface area contributed by atoms with Crippen molar-refractivity contribution in [3.05, 3.63) is 0 Å². The summed E-state index contributed by atoms with van der Waals surface area (Å²) in [6.45, 7) is 0.427. The van der Waals surface area contributed by atoms with Crippen molar-refractivity contribution >= 4 is 9.84 Å². The standard InChI is InChI=1S/C8H15NO3S/c10-8(5-9-7-1-2-7)3-4-13(11,12)6-8/h7,9-10H,1-6H2. The number of hydrogen-bond donors (Lipinski definition) is 2. The smallest absolute Gasteiger partial charge is 0.153 e. The molecule has 1 aliphatic heterocycles. The van der Waals surface area contributed by atoms with Crippen LogP contribution in [-0.2, 0) is 9.84 Å². The first-order chi connectivity index (χ1) is 5.99. The molecular formula is C8H15NO3S. The Hall–Kier alpha value is -0.130. The average molecular weight is 205 g/mol. The molecule has 2 aliphatic rings. The van der Waals surface area contributed by atoms with E-state index in [9.17, 15) is 13.5 Å². The molecule has 4 nitrogen and oxygen atoms in total. The topological polar surface area (TPSA) is 66.4 Å².